The average Bonchev–Trinajstić information content (AvgIpc) is 3.11. The minimum atomic E-state index is -1.21. The molecule has 7 heteroatoms. The van der Waals surface area contributed by atoms with Crippen molar-refractivity contribution in [3.8, 4) is 5.75 Å². The number of rotatable bonds is 4. The van der Waals surface area contributed by atoms with E-state index in [1.807, 2.05) is 19.1 Å². The van der Waals surface area contributed by atoms with Crippen LogP contribution in [0.5, 0.6) is 5.75 Å². The largest absolute Gasteiger partial charge is 0.497 e. The van der Waals surface area contributed by atoms with Gasteiger partial charge in [-0.2, -0.15) is 0 Å². The second-order valence-corrected chi connectivity index (χ2v) is 6.45. The molecule has 2 saturated heterocycles. The Morgan fingerprint density at radius 3 is 2.36 bits per heavy atom. The summed E-state index contributed by atoms with van der Waals surface area (Å²) in [7, 11) is 4.33. The minimum Gasteiger partial charge on any atom is -0.497 e. The van der Waals surface area contributed by atoms with Gasteiger partial charge in [-0.25, -0.2) is 0 Å². The number of ether oxygens (including phenoxy) is 2. The van der Waals surface area contributed by atoms with E-state index in [-0.39, 0.29) is 11.8 Å². The summed E-state index contributed by atoms with van der Waals surface area (Å²) in [6, 6.07) is 6.82. The van der Waals surface area contributed by atoms with Crippen molar-refractivity contribution in [2.24, 2.45) is 11.8 Å². The Balaban J connectivity index is 2.09. The molecule has 0 spiro atoms. The van der Waals surface area contributed by atoms with Crippen molar-refractivity contribution in [2.45, 2.75) is 24.9 Å². The molecule has 1 N–H and O–H groups in total. The summed E-state index contributed by atoms with van der Waals surface area (Å²) in [5, 5.41) is 3.26. The van der Waals surface area contributed by atoms with Gasteiger partial charge in [0.1, 0.15) is 11.3 Å². The number of benzene rings is 1. The smallest absolute Gasteiger partial charge is 0.326 e. The summed E-state index contributed by atoms with van der Waals surface area (Å²) >= 11 is 0. The maximum absolute atomic E-state index is 12.7. The lowest BCUT2D eigenvalue weighted by atomic mass is 9.78. The summed E-state index contributed by atoms with van der Waals surface area (Å²) in [5.41, 5.74) is -0.381. The molecule has 7 nitrogen and oxygen atoms in total. The number of amides is 2. The predicted octanol–water partition coefficient (Wildman–Crippen LogP) is 0.892. The van der Waals surface area contributed by atoms with Crippen molar-refractivity contribution < 1.29 is 23.9 Å². The Morgan fingerprint density at radius 1 is 1.20 bits per heavy atom. The first kappa shape index (κ1) is 17.4. The van der Waals surface area contributed by atoms with E-state index in [9.17, 15) is 14.4 Å². The zero-order valence-electron chi connectivity index (χ0n) is 14.7. The van der Waals surface area contributed by atoms with Crippen LogP contribution < -0.4 is 10.1 Å². The first-order valence-corrected chi connectivity index (χ1v) is 8.22. The number of nitrogens with zero attached hydrogens (tertiary/aromatic N) is 1. The molecule has 0 unspecified atom stereocenters. The molecule has 1 aromatic carbocycles. The fourth-order valence-electron chi connectivity index (χ4n) is 4.08. The molecule has 2 aliphatic rings. The molecule has 2 heterocycles. The number of hydrogen-bond donors (Lipinski definition) is 1. The molecule has 3 rings (SSSR count). The van der Waals surface area contributed by atoms with Crippen LogP contribution >= 0.6 is 0 Å². The van der Waals surface area contributed by atoms with Gasteiger partial charge in [0.05, 0.1) is 26.1 Å². The van der Waals surface area contributed by atoms with E-state index in [1.54, 1.807) is 19.2 Å². The lowest BCUT2D eigenvalue weighted by molar-refractivity contribution is -0.154. The fraction of sp³-hybridized carbons (Fsp3) is 0.500. The Hall–Kier alpha value is -2.41. The van der Waals surface area contributed by atoms with E-state index >= 15 is 0 Å². The fourth-order valence-corrected chi connectivity index (χ4v) is 4.08. The molecule has 0 saturated carbocycles. The van der Waals surface area contributed by atoms with Crippen LogP contribution in [0.4, 0.5) is 0 Å². The third-order valence-corrected chi connectivity index (χ3v) is 5.46. The average molecular weight is 346 g/mol. The van der Waals surface area contributed by atoms with Crippen molar-refractivity contribution in [3.05, 3.63) is 29.8 Å². The van der Waals surface area contributed by atoms with Gasteiger partial charge in [-0.3, -0.25) is 24.6 Å². The Kier molecular flexibility index (Phi) is 4.28. The van der Waals surface area contributed by atoms with Gasteiger partial charge in [0.25, 0.3) is 0 Å². The first-order valence-electron chi connectivity index (χ1n) is 8.22. The number of fused-ring (bicyclic) bond motifs is 1. The second kappa shape index (κ2) is 6.15. The first-order chi connectivity index (χ1) is 11.9. The van der Waals surface area contributed by atoms with Crippen LogP contribution in [0.15, 0.2) is 24.3 Å². The van der Waals surface area contributed by atoms with E-state index in [1.165, 1.54) is 14.2 Å². The number of esters is 1. The lowest BCUT2D eigenvalue weighted by Crippen LogP contribution is -2.55. The second-order valence-electron chi connectivity index (χ2n) is 6.45. The number of nitrogens with one attached hydrogen (secondary N) is 1. The van der Waals surface area contributed by atoms with Gasteiger partial charge in [-0.15, -0.1) is 0 Å². The van der Waals surface area contributed by atoms with Crippen LogP contribution in [-0.4, -0.2) is 49.5 Å². The minimum absolute atomic E-state index is 0.275. The molecule has 134 valence electrons. The normalized spacial score (nSPS) is 31.2. The van der Waals surface area contributed by atoms with Crippen LogP contribution in [-0.2, 0) is 19.1 Å². The van der Waals surface area contributed by atoms with Gasteiger partial charge >= 0.3 is 5.97 Å². The molecule has 2 amide bonds. The van der Waals surface area contributed by atoms with Gasteiger partial charge in [-0.05, 0) is 24.1 Å². The van der Waals surface area contributed by atoms with Gasteiger partial charge in [0, 0.05) is 13.1 Å². The maximum atomic E-state index is 12.7. The molecule has 4 atom stereocenters. The summed E-state index contributed by atoms with van der Waals surface area (Å²) in [6.45, 7) is 1.81. The number of hydrogen-bond acceptors (Lipinski definition) is 6. The molecule has 2 fully saturated rings. The zero-order valence-corrected chi connectivity index (χ0v) is 14.7. The standard InChI is InChI=1S/C18H22N2O5/c1-5-18(17(23)25-4)13-12(15(21)20(2)16(13)22)14(19-18)10-6-8-11(24-3)9-7-10/h6-9,12-14,19H,5H2,1-4H3/t12-,13+,14-,18+/m0/s1. The van der Waals surface area contributed by atoms with Crippen LogP contribution in [0.3, 0.4) is 0 Å². The predicted molar refractivity (Wildman–Crippen MR) is 88.7 cm³/mol. The van der Waals surface area contributed by atoms with Crippen molar-refractivity contribution in [1.29, 1.82) is 0 Å². The highest BCUT2D eigenvalue weighted by Gasteiger charge is 2.67. The van der Waals surface area contributed by atoms with Crippen LogP contribution in [0.1, 0.15) is 24.9 Å². The van der Waals surface area contributed by atoms with E-state index in [0.29, 0.717) is 12.2 Å². The highest BCUT2D eigenvalue weighted by molar-refractivity contribution is 6.09. The van der Waals surface area contributed by atoms with Gasteiger partial charge < -0.3 is 9.47 Å². The van der Waals surface area contributed by atoms with Gasteiger partial charge in [0.2, 0.25) is 11.8 Å². The van der Waals surface area contributed by atoms with Crippen molar-refractivity contribution in [3.63, 3.8) is 0 Å². The molecular formula is C18H22N2O5. The highest BCUT2D eigenvalue weighted by atomic mass is 16.5. The molecule has 2 aliphatic heterocycles. The third kappa shape index (κ3) is 2.33. The number of carbonyl (C=O) groups excluding carboxylic acids is 3. The van der Waals surface area contributed by atoms with Crippen molar-refractivity contribution >= 4 is 17.8 Å². The monoisotopic (exact) mass is 346 g/mol. The molecular weight excluding hydrogens is 324 g/mol. The van der Waals surface area contributed by atoms with E-state index < -0.39 is 29.4 Å². The third-order valence-electron chi connectivity index (χ3n) is 5.46. The summed E-state index contributed by atoms with van der Waals surface area (Å²) in [5.74, 6) is -1.84. The maximum Gasteiger partial charge on any atom is 0.326 e. The number of likely N-dealkylation sites (tertiary alicyclic amines) is 1. The topological polar surface area (TPSA) is 84.9 Å². The van der Waals surface area contributed by atoms with E-state index in [4.69, 9.17) is 9.47 Å². The number of methoxy groups -OCH3 is 2. The van der Waals surface area contributed by atoms with Gasteiger partial charge in [-0.1, -0.05) is 19.1 Å². The quantitative estimate of drug-likeness (QED) is 0.644. The van der Waals surface area contributed by atoms with E-state index in [2.05, 4.69) is 5.32 Å². The SMILES string of the molecule is CC[C@@]1(C(=O)OC)N[C@@H](c2ccc(OC)cc2)[C@H]2C(=O)N(C)C(=O)[C@@H]21. The Morgan fingerprint density at radius 2 is 1.84 bits per heavy atom. The molecule has 0 bridgehead atoms. The van der Waals surface area contributed by atoms with Crippen LogP contribution in [0.25, 0.3) is 0 Å². The molecule has 0 aromatic heterocycles. The highest BCUT2D eigenvalue weighted by Crippen LogP contribution is 2.50. The number of imide groups is 1. The van der Waals surface area contributed by atoms with Crippen molar-refractivity contribution in [2.75, 3.05) is 21.3 Å². The lowest BCUT2D eigenvalue weighted by Gasteiger charge is -2.30. The van der Waals surface area contributed by atoms with Crippen molar-refractivity contribution in [1.82, 2.24) is 10.2 Å². The zero-order chi connectivity index (χ0) is 18.4. The molecule has 0 aliphatic carbocycles. The van der Waals surface area contributed by atoms with E-state index in [0.717, 1.165) is 10.5 Å². The summed E-state index contributed by atoms with van der Waals surface area (Å²) in [6.07, 6.45) is 0.348. The molecule has 0 radical (unpaired) electrons. The summed E-state index contributed by atoms with van der Waals surface area (Å²) < 4.78 is 10.1. The van der Waals surface area contributed by atoms with Crippen LogP contribution in [0.2, 0.25) is 0 Å². The summed E-state index contributed by atoms with van der Waals surface area (Å²) in [4.78, 5) is 39.1. The molecule has 1 aromatic rings. The Bertz CT molecular complexity index is 717. The number of carbonyl (C=O) groups is 3. The van der Waals surface area contributed by atoms with Crippen LogP contribution in [0, 0.1) is 11.8 Å². The van der Waals surface area contributed by atoms with Gasteiger partial charge in [0.15, 0.2) is 0 Å². The Labute approximate surface area is 146 Å². The molecule has 25 heavy (non-hydrogen) atoms.